The van der Waals surface area contributed by atoms with Crippen LogP contribution in [-0.4, -0.2) is 35.4 Å². The van der Waals surface area contributed by atoms with Gasteiger partial charge in [0, 0.05) is 13.6 Å². The molecule has 2 rings (SSSR count). The molecule has 1 aromatic heterocycles. The van der Waals surface area contributed by atoms with Gasteiger partial charge in [0.2, 0.25) is 5.91 Å². The Bertz CT molecular complexity index is 517. The molecule has 1 amide bonds. The van der Waals surface area contributed by atoms with Crippen molar-refractivity contribution in [3.8, 4) is 0 Å². The first-order valence-corrected chi connectivity index (χ1v) is 5.99. The van der Waals surface area contributed by atoms with Crippen LogP contribution in [-0.2, 0) is 4.79 Å². The van der Waals surface area contributed by atoms with Crippen LogP contribution in [0.25, 0.3) is 11.1 Å². The maximum atomic E-state index is 11.9. The Morgan fingerprint density at radius 3 is 2.89 bits per heavy atom. The number of nitrogens with zero attached hydrogens (tertiary/aromatic N) is 2. The quantitative estimate of drug-likeness (QED) is 0.899. The zero-order valence-electron chi connectivity index (χ0n) is 10.8. The predicted molar refractivity (Wildman–Crippen MR) is 70.4 cm³/mol. The van der Waals surface area contributed by atoms with Gasteiger partial charge in [-0.25, -0.2) is 0 Å². The van der Waals surface area contributed by atoms with Crippen molar-refractivity contribution in [3.63, 3.8) is 0 Å². The zero-order chi connectivity index (χ0) is 13.1. The fraction of sp³-hybridized carbons (Fsp3) is 0.385. The number of likely N-dealkylation sites (N-methyl/N-ethyl adjacent to an activating group) is 1. The van der Waals surface area contributed by atoms with E-state index in [1.165, 1.54) is 0 Å². The van der Waals surface area contributed by atoms with Crippen LogP contribution in [0, 0.1) is 0 Å². The second kappa shape index (κ2) is 5.08. The van der Waals surface area contributed by atoms with Crippen molar-refractivity contribution < 1.29 is 9.21 Å². The number of carbonyl (C=O) groups is 1. The third kappa shape index (κ3) is 2.45. The van der Waals surface area contributed by atoms with E-state index in [1.807, 2.05) is 31.2 Å². The van der Waals surface area contributed by atoms with Gasteiger partial charge in [-0.1, -0.05) is 12.1 Å². The molecule has 0 bridgehead atoms. The number of fused-ring (bicyclic) bond motifs is 1. The maximum Gasteiger partial charge on any atom is 0.296 e. The van der Waals surface area contributed by atoms with Gasteiger partial charge in [-0.15, -0.1) is 0 Å². The molecule has 0 saturated heterocycles. The first-order valence-electron chi connectivity index (χ1n) is 5.99. The number of hydrogen-bond donors (Lipinski definition) is 1. The second-order valence-corrected chi connectivity index (χ2v) is 4.21. The molecule has 0 radical (unpaired) electrons. The minimum atomic E-state index is -0.358. The number of anilines is 1. The Balaban J connectivity index is 2.11. The summed E-state index contributed by atoms with van der Waals surface area (Å²) >= 11 is 0. The number of nitrogens with one attached hydrogen (secondary N) is 1. The third-order valence-corrected chi connectivity index (χ3v) is 2.85. The number of rotatable bonds is 4. The highest BCUT2D eigenvalue weighted by atomic mass is 16.4. The molecular weight excluding hydrogens is 230 g/mol. The van der Waals surface area contributed by atoms with Crippen molar-refractivity contribution in [1.82, 2.24) is 9.88 Å². The van der Waals surface area contributed by atoms with E-state index in [1.54, 1.807) is 18.9 Å². The van der Waals surface area contributed by atoms with Crippen molar-refractivity contribution >= 4 is 23.0 Å². The summed E-state index contributed by atoms with van der Waals surface area (Å²) in [7, 11) is 1.77. The lowest BCUT2D eigenvalue weighted by Gasteiger charge is -2.19. The molecule has 5 nitrogen and oxygen atoms in total. The lowest BCUT2D eigenvalue weighted by atomic mass is 10.3. The Labute approximate surface area is 106 Å². The first-order chi connectivity index (χ1) is 8.61. The molecule has 0 spiro atoms. The lowest BCUT2D eigenvalue weighted by molar-refractivity contribution is -0.130. The fourth-order valence-corrected chi connectivity index (χ4v) is 1.67. The summed E-state index contributed by atoms with van der Waals surface area (Å²) in [5, 5.41) is 2.98. The van der Waals surface area contributed by atoms with Crippen LogP contribution in [0.5, 0.6) is 0 Å². The van der Waals surface area contributed by atoms with Gasteiger partial charge in [0.15, 0.2) is 5.58 Å². The van der Waals surface area contributed by atoms with E-state index >= 15 is 0 Å². The van der Waals surface area contributed by atoms with Crippen molar-refractivity contribution in [2.24, 2.45) is 0 Å². The van der Waals surface area contributed by atoms with Crippen LogP contribution in [0.4, 0.5) is 6.01 Å². The van der Waals surface area contributed by atoms with Crippen LogP contribution in [0.2, 0.25) is 0 Å². The summed E-state index contributed by atoms with van der Waals surface area (Å²) in [6, 6.07) is 7.52. The smallest absolute Gasteiger partial charge is 0.296 e. The molecule has 0 aliphatic carbocycles. The summed E-state index contributed by atoms with van der Waals surface area (Å²) < 4.78 is 5.51. The van der Waals surface area contributed by atoms with Crippen molar-refractivity contribution in [2.45, 2.75) is 19.9 Å². The number of benzene rings is 1. The molecule has 0 fully saturated rings. The normalized spacial score (nSPS) is 12.4. The van der Waals surface area contributed by atoms with Gasteiger partial charge in [0.05, 0.1) is 0 Å². The van der Waals surface area contributed by atoms with E-state index in [2.05, 4.69) is 10.3 Å². The van der Waals surface area contributed by atoms with Crippen molar-refractivity contribution in [3.05, 3.63) is 24.3 Å². The van der Waals surface area contributed by atoms with Crippen LogP contribution < -0.4 is 5.32 Å². The third-order valence-electron chi connectivity index (χ3n) is 2.85. The van der Waals surface area contributed by atoms with E-state index < -0.39 is 0 Å². The fourth-order valence-electron chi connectivity index (χ4n) is 1.67. The molecule has 0 saturated carbocycles. The molecule has 0 aliphatic heterocycles. The standard InChI is InChI=1S/C13H17N3O2/c1-4-16(3)12(17)9(2)14-13-15-10-7-5-6-8-11(10)18-13/h5-9H,4H2,1-3H3,(H,14,15). The molecule has 1 unspecified atom stereocenters. The molecule has 1 heterocycles. The second-order valence-electron chi connectivity index (χ2n) is 4.21. The van der Waals surface area contributed by atoms with Crippen LogP contribution >= 0.6 is 0 Å². The highest BCUT2D eigenvalue weighted by Crippen LogP contribution is 2.18. The van der Waals surface area contributed by atoms with Gasteiger partial charge in [-0.2, -0.15) is 4.98 Å². The van der Waals surface area contributed by atoms with Gasteiger partial charge >= 0.3 is 0 Å². The Kier molecular flexibility index (Phi) is 3.50. The van der Waals surface area contributed by atoms with E-state index in [9.17, 15) is 4.79 Å². The predicted octanol–water partition coefficient (Wildman–Crippen LogP) is 2.11. The van der Waals surface area contributed by atoms with Gasteiger partial charge in [0.25, 0.3) is 6.01 Å². The molecule has 1 N–H and O–H groups in total. The number of para-hydroxylation sites is 2. The van der Waals surface area contributed by atoms with Gasteiger partial charge < -0.3 is 14.6 Å². The molecular formula is C13H17N3O2. The lowest BCUT2D eigenvalue weighted by Crippen LogP contribution is -2.38. The van der Waals surface area contributed by atoms with Crippen LogP contribution in [0.3, 0.4) is 0 Å². The maximum absolute atomic E-state index is 11.9. The van der Waals surface area contributed by atoms with Crippen LogP contribution in [0.1, 0.15) is 13.8 Å². The van der Waals surface area contributed by atoms with E-state index in [-0.39, 0.29) is 11.9 Å². The van der Waals surface area contributed by atoms with Crippen molar-refractivity contribution in [2.75, 3.05) is 18.9 Å². The molecule has 5 heteroatoms. The van der Waals surface area contributed by atoms with Crippen molar-refractivity contribution in [1.29, 1.82) is 0 Å². The molecule has 0 aliphatic rings. The minimum Gasteiger partial charge on any atom is -0.424 e. The SMILES string of the molecule is CCN(C)C(=O)C(C)Nc1nc2ccccc2o1. The topological polar surface area (TPSA) is 58.4 Å². The van der Waals surface area contributed by atoms with E-state index in [4.69, 9.17) is 4.42 Å². The van der Waals surface area contributed by atoms with Crippen LogP contribution in [0.15, 0.2) is 28.7 Å². The summed E-state index contributed by atoms with van der Waals surface area (Å²) in [4.78, 5) is 17.8. The highest BCUT2D eigenvalue weighted by molar-refractivity contribution is 5.84. The van der Waals surface area contributed by atoms with Gasteiger partial charge in [-0.05, 0) is 26.0 Å². The van der Waals surface area contributed by atoms with E-state index in [0.29, 0.717) is 18.1 Å². The average molecular weight is 247 g/mol. The largest absolute Gasteiger partial charge is 0.424 e. The Morgan fingerprint density at radius 1 is 1.50 bits per heavy atom. The van der Waals surface area contributed by atoms with Gasteiger partial charge in [0.1, 0.15) is 11.6 Å². The number of oxazole rings is 1. The Hall–Kier alpha value is -2.04. The molecule has 18 heavy (non-hydrogen) atoms. The number of carbonyl (C=O) groups excluding carboxylic acids is 1. The molecule has 2 aromatic rings. The summed E-state index contributed by atoms with van der Waals surface area (Å²) in [5.74, 6) is 0.0137. The minimum absolute atomic E-state index is 0.0137. The number of aromatic nitrogens is 1. The van der Waals surface area contributed by atoms with Gasteiger partial charge in [-0.3, -0.25) is 4.79 Å². The molecule has 96 valence electrons. The molecule has 1 atom stereocenters. The average Bonchev–Trinajstić information content (AvgIpc) is 2.78. The number of hydrogen-bond acceptors (Lipinski definition) is 4. The highest BCUT2D eigenvalue weighted by Gasteiger charge is 2.18. The molecule has 1 aromatic carbocycles. The number of amides is 1. The van der Waals surface area contributed by atoms with E-state index in [0.717, 1.165) is 5.52 Å². The first kappa shape index (κ1) is 12.4. The summed E-state index contributed by atoms with van der Waals surface area (Å²) in [6.45, 7) is 4.41. The summed E-state index contributed by atoms with van der Waals surface area (Å²) in [6.07, 6.45) is 0. The Morgan fingerprint density at radius 2 is 2.22 bits per heavy atom. The summed E-state index contributed by atoms with van der Waals surface area (Å²) in [5.41, 5.74) is 1.49. The zero-order valence-corrected chi connectivity index (χ0v) is 10.8. The monoisotopic (exact) mass is 247 g/mol.